The van der Waals surface area contributed by atoms with Crippen LogP contribution in [0.1, 0.15) is 33.1 Å². The maximum Gasteiger partial charge on any atom is 0.310 e. The van der Waals surface area contributed by atoms with Gasteiger partial charge in [-0.2, -0.15) is 0 Å². The van der Waals surface area contributed by atoms with E-state index >= 15 is 0 Å². The van der Waals surface area contributed by atoms with Crippen molar-refractivity contribution >= 4 is 23.3 Å². The molecule has 1 aromatic rings. The van der Waals surface area contributed by atoms with Gasteiger partial charge in [0.05, 0.1) is 11.6 Å². The van der Waals surface area contributed by atoms with Gasteiger partial charge in [0.15, 0.2) is 0 Å². The third-order valence-electron chi connectivity index (χ3n) is 4.71. The van der Waals surface area contributed by atoms with Crippen LogP contribution in [-0.2, 0) is 4.79 Å². The Kier molecular flexibility index (Phi) is 3.98. The van der Waals surface area contributed by atoms with Crippen molar-refractivity contribution in [1.29, 1.82) is 0 Å². The first-order valence-electron chi connectivity index (χ1n) is 7.80. The summed E-state index contributed by atoms with van der Waals surface area (Å²) in [6.07, 6.45) is 2.62. The van der Waals surface area contributed by atoms with Crippen LogP contribution in [0.15, 0.2) is 18.2 Å². The predicted molar refractivity (Wildman–Crippen MR) is 86.8 cm³/mol. The molecule has 1 saturated heterocycles. The van der Waals surface area contributed by atoms with Gasteiger partial charge in [0.25, 0.3) is 0 Å². The number of anilines is 1. The van der Waals surface area contributed by atoms with Gasteiger partial charge in [-0.25, -0.2) is 0 Å². The molecule has 4 nitrogen and oxygen atoms in total. The highest BCUT2D eigenvalue weighted by Crippen LogP contribution is 2.41. The van der Waals surface area contributed by atoms with Crippen molar-refractivity contribution in [3.8, 4) is 5.75 Å². The summed E-state index contributed by atoms with van der Waals surface area (Å²) in [7, 11) is 0. The van der Waals surface area contributed by atoms with E-state index in [4.69, 9.17) is 21.4 Å². The second kappa shape index (κ2) is 5.65. The molecule has 0 radical (unpaired) electrons. The Morgan fingerprint density at radius 2 is 2.05 bits per heavy atom. The minimum absolute atomic E-state index is 0.226. The minimum Gasteiger partial charge on any atom is -0.487 e. The number of carbonyl (C=O) groups is 1. The van der Waals surface area contributed by atoms with Crippen LogP contribution in [-0.4, -0.2) is 30.3 Å². The van der Waals surface area contributed by atoms with Gasteiger partial charge in [0, 0.05) is 30.6 Å². The largest absolute Gasteiger partial charge is 0.487 e. The van der Waals surface area contributed by atoms with Crippen LogP contribution < -0.4 is 9.64 Å². The molecule has 1 heterocycles. The summed E-state index contributed by atoms with van der Waals surface area (Å²) in [6, 6.07) is 5.65. The van der Waals surface area contributed by atoms with Crippen molar-refractivity contribution in [3.05, 3.63) is 23.2 Å². The Morgan fingerprint density at radius 1 is 1.36 bits per heavy atom. The lowest BCUT2D eigenvalue weighted by atomic mass is 9.82. The van der Waals surface area contributed by atoms with E-state index in [-0.39, 0.29) is 12.0 Å². The summed E-state index contributed by atoms with van der Waals surface area (Å²) in [6.45, 7) is 6.56. The first-order chi connectivity index (χ1) is 10.4. The average Bonchev–Trinajstić information content (AvgIpc) is 3.19. The van der Waals surface area contributed by atoms with E-state index in [9.17, 15) is 4.79 Å². The Balaban J connectivity index is 1.75. The molecular formula is C17H22ClNO3. The molecule has 0 aromatic heterocycles. The molecule has 2 aliphatic rings. The van der Waals surface area contributed by atoms with Gasteiger partial charge in [-0.15, -0.1) is 0 Å². The Morgan fingerprint density at radius 3 is 2.64 bits per heavy atom. The van der Waals surface area contributed by atoms with Crippen molar-refractivity contribution in [2.24, 2.45) is 11.3 Å². The molecule has 0 bridgehead atoms. The summed E-state index contributed by atoms with van der Waals surface area (Å²) < 4.78 is 5.91. The molecule has 0 spiro atoms. The normalized spacial score (nSPS) is 26.6. The van der Waals surface area contributed by atoms with Crippen molar-refractivity contribution in [1.82, 2.24) is 0 Å². The number of halogens is 1. The molecule has 2 fully saturated rings. The van der Waals surface area contributed by atoms with Crippen LogP contribution >= 0.6 is 11.6 Å². The van der Waals surface area contributed by atoms with E-state index < -0.39 is 5.97 Å². The maximum absolute atomic E-state index is 11.0. The van der Waals surface area contributed by atoms with E-state index in [1.54, 1.807) is 6.07 Å². The maximum atomic E-state index is 11.0. The SMILES string of the molecule is CC1(C)CCN(c2ccc(Cl)cc2OC2CC2C(=O)O)CC1. The molecule has 2 unspecified atom stereocenters. The monoisotopic (exact) mass is 323 g/mol. The van der Waals surface area contributed by atoms with E-state index in [1.165, 1.54) is 0 Å². The van der Waals surface area contributed by atoms with Crippen LogP contribution in [0.2, 0.25) is 5.02 Å². The molecule has 120 valence electrons. The summed E-state index contributed by atoms with van der Waals surface area (Å²) in [5.74, 6) is -0.457. The Labute approximate surface area is 136 Å². The van der Waals surface area contributed by atoms with Crippen LogP contribution in [0.5, 0.6) is 5.75 Å². The summed E-state index contributed by atoms with van der Waals surface area (Å²) in [5.41, 5.74) is 1.41. The first kappa shape index (κ1) is 15.5. The third kappa shape index (κ3) is 3.32. The predicted octanol–water partition coefficient (Wildman–Crippen LogP) is 3.82. The van der Waals surface area contributed by atoms with Gasteiger partial charge < -0.3 is 14.7 Å². The van der Waals surface area contributed by atoms with Gasteiger partial charge in [0.1, 0.15) is 11.9 Å². The fourth-order valence-corrected chi connectivity index (χ4v) is 3.08. The molecule has 0 amide bonds. The van der Waals surface area contributed by atoms with Crippen LogP contribution in [0, 0.1) is 11.3 Å². The van der Waals surface area contributed by atoms with E-state index in [1.807, 2.05) is 12.1 Å². The molecular weight excluding hydrogens is 302 g/mol. The molecule has 22 heavy (non-hydrogen) atoms. The zero-order valence-corrected chi connectivity index (χ0v) is 13.8. The number of hydrogen-bond acceptors (Lipinski definition) is 3. The van der Waals surface area contributed by atoms with Crippen molar-refractivity contribution in [2.45, 2.75) is 39.2 Å². The number of piperidine rings is 1. The first-order valence-corrected chi connectivity index (χ1v) is 8.17. The zero-order chi connectivity index (χ0) is 15.9. The lowest BCUT2D eigenvalue weighted by Crippen LogP contribution is -2.37. The van der Waals surface area contributed by atoms with Gasteiger partial charge in [-0.1, -0.05) is 25.4 Å². The van der Waals surface area contributed by atoms with Crippen LogP contribution in [0.4, 0.5) is 5.69 Å². The Hall–Kier alpha value is -1.42. The van der Waals surface area contributed by atoms with Crippen molar-refractivity contribution < 1.29 is 14.6 Å². The highest BCUT2D eigenvalue weighted by Gasteiger charge is 2.46. The second-order valence-electron chi connectivity index (χ2n) is 7.10. The van der Waals surface area contributed by atoms with Gasteiger partial charge >= 0.3 is 5.97 Å². The van der Waals surface area contributed by atoms with Gasteiger partial charge in [-0.05, 0) is 30.4 Å². The van der Waals surface area contributed by atoms with Crippen molar-refractivity contribution in [3.63, 3.8) is 0 Å². The zero-order valence-electron chi connectivity index (χ0n) is 13.0. The average molecular weight is 324 g/mol. The number of aliphatic carboxylic acids is 1. The molecule has 5 heteroatoms. The second-order valence-corrected chi connectivity index (χ2v) is 7.54. The number of hydrogen-bond donors (Lipinski definition) is 1. The lowest BCUT2D eigenvalue weighted by Gasteiger charge is -2.38. The summed E-state index contributed by atoms with van der Waals surface area (Å²) in [5, 5.41) is 9.63. The molecule has 1 aliphatic heterocycles. The Bertz CT molecular complexity index is 577. The molecule has 1 aromatic carbocycles. The third-order valence-corrected chi connectivity index (χ3v) is 4.94. The smallest absolute Gasteiger partial charge is 0.310 e. The van der Waals surface area contributed by atoms with Gasteiger partial charge in [-0.3, -0.25) is 4.79 Å². The summed E-state index contributed by atoms with van der Waals surface area (Å²) >= 11 is 6.09. The number of benzene rings is 1. The molecule has 1 saturated carbocycles. The highest BCUT2D eigenvalue weighted by atomic mass is 35.5. The van der Waals surface area contributed by atoms with E-state index in [0.29, 0.717) is 22.6 Å². The molecule has 1 N–H and O–H groups in total. The van der Waals surface area contributed by atoms with Crippen LogP contribution in [0.25, 0.3) is 0 Å². The van der Waals surface area contributed by atoms with E-state index in [0.717, 1.165) is 31.6 Å². The molecule has 1 aliphatic carbocycles. The number of nitrogens with zero attached hydrogens (tertiary/aromatic N) is 1. The quantitative estimate of drug-likeness (QED) is 0.915. The standard InChI is InChI=1S/C17H22ClNO3/c1-17(2)5-7-19(8-6-17)13-4-3-11(18)9-15(13)22-14-10-12(14)16(20)21/h3-4,9,12,14H,5-8,10H2,1-2H3,(H,20,21). The number of rotatable bonds is 4. The lowest BCUT2D eigenvalue weighted by molar-refractivity contribution is -0.139. The van der Waals surface area contributed by atoms with E-state index in [2.05, 4.69) is 18.7 Å². The summed E-state index contributed by atoms with van der Waals surface area (Å²) in [4.78, 5) is 13.3. The minimum atomic E-state index is -0.784. The fraction of sp³-hybridized carbons (Fsp3) is 0.588. The van der Waals surface area contributed by atoms with Gasteiger partial charge in [0.2, 0.25) is 0 Å². The topological polar surface area (TPSA) is 49.8 Å². The molecule has 2 atom stereocenters. The number of ether oxygens (including phenoxy) is 1. The number of carboxylic acid groups (broad SMARTS) is 1. The van der Waals surface area contributed by atoms with Crippen molar-refractivity contribution in [2.75, 3.05) is 18.0 Å². The fourth-order valence-electron chi connectivity index (χ4n) is 2.92. The van der Waals surface area contributed by atoms with Crippen LogP contribution in [0.3, 0.4) is 0 Å². The highest BCUT2D eigenvalue weighted by molar-refractivity contribution is 6.30. The molecule has 3 rings (SSSR count). The number of carboxylic acids is 1.